The number of carbonyl (C=O) groups excluding carboxylic acids is 1. The molecule has 0 saturated heterocycles. The fourth-order valence-corrected chi connectivity index (χ4v) is 3.22. The number of amides is 1. The lowest BCUT2D eigenvalue weighted by atomic mass is 10.2. The molecule has 1 amide bonds. The van der Waals surface area contributed by atoms with Crippen molar-refractivity contribution in [3.05, 3.63) is 32.3 Å². The van der Waals surface area contributed by atoms with Crippen LogP contribution in [0.5, 0.6) is 0 Å². The minimum Gasteiger partial charge on any atom is -0.352 e. The number of thiophene rings is 1. The van der Waals surface area contributed by atoms with Crippen molar-refractivity contribution in [2.45, 2.75) is 53.2 Å². The number of carbonyl (C=O) groups is 1. The first kappa shape index (κ1) is 17.5. The van der Waals surface area contributed by atoms with Crippen LogP contribution in [0.1, 0.15) is 34.1 Å². The summed E-state index contributed by atoms with van der Waals surface area (Å²) in [5.74, 6) is -0.0519. The van der Waals surface area contributed by atoms with Crippen molar-refractivity contribution in [3.63, 3.8) is 0 Å². The van der Waals surface area contributed by atoms with Gasteiger partial charge in [-0.3, -0.25) is 18.7 Å². The average molecular weight is 337 g/mol. The molecule has 0 spiro atoms. The third-order valence-corrected chi connectivity index (χ3v) is 4.60. The quantitative estimate of drug-likeness (QED) is 0.873. The van der Waals surface area contributed by atoms with E-state index in [-0.39, 0.29) is 30.0 Å². The van der Waals surface area contributed by atoms with Gasteiger partial charge < -0.3 is 5.32 Å². The van der Waals surface area contributed by atoms with Gasteiger partial charge in [0.2, 0.25) is 5.91 Å². The molecule has 2 rings (SSSR count). The summed E-state index contributed by atoms with van der Waals surface area (Å²) in [6.45, 7) is 8.07. The lowest BCUT2D eigenvalue weighted by Crippen LogP contribution is -2.44. The normalized spacial score (nSPS) is 12.7. The van der Waals surface area contributed by atoms with Gasteiger partial charge in [-0.25, -0.2) is 4.79 Å². The maximum absolute atomic E-state index is 12.7. The molecule has 0 unspecified atom stereocenters. The van der Waals surface area contributed by atoms with Crippen LogP contribution in [0, 0.1) is 5.92 Å². The Morgan fingerprint density at radius 3 is 2.57 bits per heavy atom. The molecule has 0 radical (unpaired) electrons. The molecule has 0 fully saturated rings. The minimum atomic E-state index is -0.422. The molecule has 0 aliphatic heterocycles. The van der Waals surface area contributed by atoms with E-state index in [1.54, 1.807) is 11.4 Å². The molecule has 0 aliphatic rings. The summed E-state index contributed by atoms with van der Waals surface area (Å²) in [5.41, 5.74) is -0.162. The summed E-state index contributed by atoms with van der Waals surface area (Å²) in [6.07, 6.45) is 0.821. The number of hydrogen-bond acceptors (Lipinski definition) is 4. The molecule has 1 N–H and O–H groups in total. The Morgan fingerprint density at radius 1 is 1.26 bits per heavy atom. The Kier molecular flexibility index (Phi) is 5.41. The molecule has 2 aromatic rings. The van der Waals surface area contributed by atoms with Crippen LogP contribution >= 0.6 is 11.3 Å². The SMILES string of the molecule is CC[C@H](C)NC(=O)Cn1c(=O)n(CC(C)C)c(=O)c2sccc21. The van der Waals surface area contributed by atoms with Gasteiger partial charge in [0, 0.05) is 12.6 Å². The highest BCUT2D eigenvalue weighted by molar-refractivity contribution is 7.17. The van der Waals surface area contributed by atoms with Gasteiger partial charge in [-0.15, -0.1) is 11.3 Å². The molecule has 2 heterocycles. The van der Waals surface area contributed by atoms with Gasteiger partial charge >= 0.3 is 5.69 Å². The van der Waals surface area contributed by atoms with Gasteiger partial charge in [-0.1, -0.05) is 20.8 Å². The Balaban J connectivity index is 2.50. The van der Waals surface area contributed by atoms with Crippen molar-refractivity contribution >= 4 is 27.5 Å². The first-order chi connectivity index (χ1) is 10.8. The van der Waals surface area contributed by atoms with Crippen LogP contribution in [0.15, 0.2) is 21.0 Å². The zero-order chi connectivity index (χ0) is 17.1. The lowest BCUT2D eigenvalue weighted by Gasteiger charge is -2.15. The van der Waals surface area contributed by atoms with E-state index in [0.29, 0.717) is 16.8 Å². The summed E-state index contributed by atoms with van der Waals surface area (Å²) in [6, 6.07) is 1.77. The number of nitrogens with one attached hydrogen (secondary N) is 1. The van der Waals surface area contributed by atoms with Crippen LogP contribution in [0.4, 0.5) is 0 Å². The molecule has 1 atom stereocenters. The van der Waals surface area contributed by atoms with E-state index in [1.165, 1.54) is 20.5 Å². The number of aromatic nitrogens is 2. The van der Waals surface area contributed by atoms with Crippen molar-refractivity contribution in [3.8, 4) is 0 Å². The predicted octanol–water partition coefficient (Wildman–Crippen LogP) is 1.80. The van der Waals surface area contributed by atoms with Crippen molar-refractivity contribution in [2.75, 3.05) is 0 Å². The second-order valence-corrected chi connectivity index (χ2v) is 7.11. The van der Waals surface area contributed by atoms with Crippen molar-refractivity contribution in [1.29, 1.82) is 0 Å². The molecule has 126 valence electrons. The molecule has 2 aromatic heterocycles. The Labute approximate surface area is 138 Å². The molecular formula is C16H23N3O3S. The van der Waals surface area contributed by atoms with E-state index < -0.39 is 5.69 Å². The highest BCUT2D eigenvalue weighted by Crippen LogP contribution is 2.15. The Hall–Kier alpha value is -1.89. The smallest absolute Gasteiger partial charge is 0.332 e. The first-order valence-corrected chi connectivity index (χ1v) is 8.73. The van der Waals surface area contributed by atoms with Gasteiger partial charge in [-0.2, -0.15) is 0 Å². The van der Waals surface area contributed by atoms with Crippen molar-refractivity contribution in [2.24, 2.45) is 5.92 Å². The maximum Gasteiger partial charge on any atom is 0.332 e. The lowest BCUT2D eigenvalue weighted by molar-refractivity contribution is -0.122. The van der Waals surface area contributed by atoms with Crippen LogP contribution in [0.2, 0.25) is 0 Å². The Morgan fingerprint density at radius 2 is 1.96 bits per heavy atom. The van der Waals surface area contributed by atoms with Gasteiger partial charge in [0.15, 0.2) is 0 Å². The minimum absolute atomic E-state index is 0.0535. The van der Waals surface area contributed by atoms with Crippen LogP contribution in [0.3, 0.4) is 0 Å². The molecule has 6 nitrogen and oxygen atoms in total. The van der Waals surface area contributed by atoms with Gasteiger partial charge in [0.25, 0.3) is 5.56 Å². The van der Waals surface area contributed by atoms with Crippen LogP contribution in [-0.2, 0) is 17.9 Å². The summed E-state index contributed by atoms with van der Waals surface area (Å²) < 4.78 is 3.15. The van der Waals surface area contributed by atoms with E-state index >= 15 is 0 Å². The predicted molar refractivity (Wildman–Crippen MR) is 93.1 cm³/mol. The van der Waals surface area contributed by atoms with E-state index in [2.05, 4.69) is 5.32 Å². The Bertz CT molecular complexity index is 816. The zero-order valence-electron chi connectivity index (χ0n) is 14.0. The second-order valence-electron chi connectivity index (χ2n) is 6.19. The maximum atomic E-state index is 12.7. The third kappa shape index (κ3) is 3.72. The van der Waals surface area contributed by atoms with Crippen molar-refractivity contribution < 1.29 is 4.79 Å². The van der Waals surface area contributed by atoms with Crippen LogP contribution in [-0.4, -0.2) is 21.1 Å². The summed E-state index contributed by atoms with van der Waals surface area (Å²) in [7, 11) is 0. The monoisotopic (exact) mass is 337 g/mol. The van der Waals surface area contributed by atoms with Crippen LogP contribution in [0.25, 0.3) is 10.2 Å². The molecule has 0 aromatic carbocycles. The van der Waals surface area contributed by atoms with Crippen LogP contribution < -0.4 is 16.6 Å². The van der Waals surface area contributed by atoms with E-state index in [0.717, 1.165) is 6.42 Å². The fourth-order valence-electron chi connectivity index (χ4n) is 2.38. The van der Waals surface area contributed by atoms with Crippen molar-refractivity contribution in [1.82, 2.24) is 14.5 Å². The fraction of sp³-hybridized carbons (Fsp3) is 0.562. The van der Waals surface area contributed by atoms with E-state index in [9.17, 15) is 14.4 Å². The third-order valence-electron chi connectivity index (χ3n) is 3.71. The zero-order valence-corrected chi connectivity index (χ0v) is 14.8. The van der Waals surface area contributed by atoms with Gasteiger partial charge in [-0.05, 0) is 30.7 Å². The molecule has 0 aliphatic carbocycles. The molecular weight excluding hydrogens is 314 g/mol. The molecule has 7 heteroatoms. The second kappa shape index (κ2) is 7.12. The number of rotatable bonds is 6. The van der Waals surface area contributed by atoms with Gasteiger partial charge in [0.1, 0.15) is 11.2 Å². The first-order valence-electron chi connectivity index (χ1n) is 7.85. The molecule has 23 heavy (non-hydrogen) atoms. The van der Waals surface area contributed by atoms with E-state index in [1.807, 2.05) is 27.7 Å². The largest absolute Gasteiger partial charge is 0.352 e. The standard InChI is InChI=1S/C16H23N3O3S/c1-5-11(4)17-13(20)9-18-12-6-7-23-14(12)15(21)19(16(18)22)8-10(2)3/h6-7,10-11H,5,8-9H2,1-4H3,(H,17,20)/t11-/m0/s1. The summed E-state index contributed by atoms with van der Waals surface area (Å²) in [5, 5.41) is 4.63. The highest BCUT2D eigenvalue weighted by Gasteiger charge is 2.17. The van der Waals surface area contributed by atoms with E-state index in [4.69, 9.17) is 0 Å². The topological polar surface area (TPSA) is 73.1 Å². The summed E-state index contributed by atoms with van der Waals surface area (Å²) >= 11 is 1.30. The number of fused-ring (bicyclic) bond motifs is 1. The van der Waals surface area contributed by atoms with Gasteiger partial charge in [0.05, 0.1) is 5.52 Å². The average Bonchev–Trinajstić information content (AvgIpc) is 2.97. The highest BCUT2D eigenvalue weighted by atomic mass is 32.1. The number of hydrogen-bond donors (Lipinski definition) is 1. The molecule has 0 saturated carbocycles. The number of nitrogens with zero attached hydrogens (tertiary/aromatic N) is 2. The molecule has 0 bridgehead atoms. The summed E-state index contributed by atoms with van der Waals surface area (Å²) in [4.78, 5) is 37.3.